The van der Waals surface area contributed by atoms with Crippen molar-refractivity contribution in [1.82, 2.24) is 10.3 Å². The van der Waals surface area contributed by atoms with Crippen molar-refractivity contribution in [2.45, 2.75) is 31.8 Å². The number of rotatable bonds is 3. The van der Waals surface area contributed by atoms with E-state index in [9.17, 15) is 0 Å². The van der Waals surface area contributed by atoms with E-state index in [-0.39, 0.29) is 0 Å². The highest BCUT2D eigenvalue weighted by molar-refractivity contribution is 5.17. The lowest BCUT2D eigenvalue weighted by Gasteiger charge is -2.25. The molecule has 4 nitrogen and oxygen atoms in total. The Hall–Kier alpha value is -1.03. The molecule has 1 aromatic rings. The van der Waals surface area contributed by atoms with E-state index in [0.29, 0.717) is 24.4 Å². The van der Waals surface area contributed by atoms with Gasteiger partial charge >= 0.3 is 0 Å². The zero-order valence-electron chi connectivity index (χ0n) is 6.92. The van der Waals surface area contributed by atoms with Crippen LogP contribution < -0.4 is 11.1 Å². The third-order valence-electron chi connectivity index (χ3n) is 2.22. The summed E-state index contributed by atoms with van der Waals surface area (Å²) in [5, 5.41) is 3.34. The first-order valence-corrected chi connectivity index (χ1v) is 4.28. The standard InChI is InChI=1S/C8H13N3O/c9-7-4-11-8(12-7)5-10-6-2-1-3-6/h4,6,10H,1-3,5,9H2. The zero-order chi connectivity index (χ0) is 8.39. The number of nitrogen functional groups attached to an aromatic ring is 1. The molecule has 0 amide bonds. The molecule has 0 aliphatic heterocycles. The van der Waals surface area contributed by atoms with Crippen molar-refractivity contribution in [3.05, 3.63) is 12.1 Å². The maximum absolute atomic E-state index is 5.37. The van der Waals surface area contributed by atoms with Gasteiger partial charge in [0, 0.05) is 6.04 Å². The zero-order valence-corrected chi connectivity index (χ0v) is 6.92. The van der Waals surface area contributed by atoms with Crippen LogP contribution in [0.1, 0.15) is 25.2 Å². The van der Waals surface area contributed by atoms with Crippen molar-refractivity contribution in [3.63, 3.8) is 0 Å². The Morgan fingerprint density at radius 2 is 2.50 bits per heavy atom. The molecule has 0 bridgehead atoms. The molecule has 1 fully saturated rings. The van der Waals surface area contributed by atoms with Crippen LogP contribution in [0.2, 0.25) is 0 Å². The van der Waals surface area contributed by atoms with Gasteiger partial charge in [0.1, 0.15) is 0 Å². The molecule has 1 aliphatic carbocycles. The largest absolute Gasteiger partial charge is 0.424 e. The molecule has 1 heterocycles. The lowest BCUT2D eigenvalue weighted by atomic mass is 9.93. The van der Waals surface area contributed by atoms with Crippen LogP contribution in [0.15, 0.2) is 10.6 Å². The van der Waals surface area contributed by atoms with Crippen molar-refractivity contribution in [2.24, 2.45) is 0 Å². The normalized spacial score (nSPS) is 17.7. The summed E-state index contributed by atoms with van der Waals surface area (Å²) in [5.41, 5.74) is 5.37. The second-order valence-corrected chi connectivity index (χ2v) is 3.17. The van der Waals surface area contributed by atoms with Crippen molar-refractivity contribution < 1.29 is 4.42 Å². The van der Waals surface area contributed by atoms with Gasteiger partial charge in [0.15, 0.2) is 0 Å². The van der Waals surface area contributed by atoms with Crippen LogP contribution in [-0.2, 0) is 6.54 Å². The van der Waals surface area contributed by atoms with E-state index in [1.165, 1.54) is 25.5 Å². The molecule has 0 saturated heterocycles. The van der Waals surface area contributed by atoms with Crippen molar-refractivity contribution in [3.8, 4) is 0 Å². The fourth-order valence-electron chi connectivity index (χ4n) is 1.25. The minimum Gasteiger partial charge on any atom is -0.424 e. The van der Waals surface area contributed by atoms with Crippen LogP contribution in [0.4, 0.5) is 5.88 Å². The molecule has 1 aliphatic rings. The second kappa shape index (κ2) is 3.15. The van der Waals surface area contributed by atoms with Gasteiger partial charge in [-0.05, 0) is 12.8 Å². The topological polar surface area (TPSA) is 64.1 Å². The van der Waals surface area contributed by atoms with E-state index in [2.05, 4.69) is 10.3 Å². The molecule has 66 valence electrons. The predicted octanol–water partition coefficient (Wildman–Crippen LogP) is 0.899. The van der Waals surface area contributed by atoms with Crippen LogP contribution in [-0.4, -0.2) is 11.0 Å². The number of nitrogens with one attached hydrogen (secondary N) is 1. The molecular weight excluding hydrogens is 154 g/mol. The Labute approximate surface area is 71.2 Å². The number of anilines is 1. The minimum absolute atomic E-state index is 0.389. The van der Waals surface area contributed by atoms with Gasteiger partial charge in [0.2, 0.25) is 11.8 Å². The predicted molar refractivity (Wildman–Crippen MR) is 45.4 cm³/mol. The summed E-state index contributed by atoms with van der Waals surface area (Å²) in [7, 11) is 0. The van der Waals surface area contributed by atoms with Gasteiger partial charge in [0.05, 0.1) is 12.7 Å². The number of oxazole rings is 1. The summed E-state index contributed by atoms with van der Waals surface area (Å²) >= 11 is 0. The van der Waals surface area contributed by atoms with Gasteiger partial charge in [-0.2, -0.15) is 0 Å². The summed E-state index contributed by atoms with van der Waals surface area (Å²) in [5.74, 6) is 1.07. The first-order valence-electron chi connectivity index (χ1n) is 4.28. The molecule has 1 aromatic heterocycles. The summed E-state index contributed by atoms with van der Waals surface area (Å²) < 4.78 is 5.11. The quantitative estimate of drug-likeness (QED) is 0.702. The molecule has 1 saturated carbocycles. The van der Waals surface area contributed by atoms with E-state index in [1.54, 1.807) is 0 Å². The van der Waals surface area contributed by atoms with Gasteiger partial charge in [-0.25, -0.2) is 4.98 Å². The van der Waals surface area contributed by atoms with E-state index in [0.717, 1.165) is 0 Å². The SMILES string of the molecule is Nc1cnc(CNC2CCC2)o1. The number of aromatic nitrogens is 1. The molecule has 4 heteroatoms. The van der Waals surface area contributed by atoms with Gasteiger partial charge in [-0.1, -0.05) is 6.42 Å². The Kier molecular flexibility index (Phi) is 1.99. The van der Waals surface area contributed by atoms with Crippen molar-refractivity contribution >= 4 is 5.88 Å². The van der Waals surface area contributed by atoms with Crippen LogP contribution in [0, 0.1) is 0 Å². The summed E-state index contributed by atoms with van der Waals surface area (Å²) in [6.07, 6.45) is 5.43. The maximum atomic E-state index is 5.37. The van der Waals surface area contributed by atoms with Crippen molar-refractivity contribution in [1.29, 1.82) is 0 Å². The smallest absolute Gasteiger partial charge is 0.211 e. The first kappa shape index (κ1) is 7.61. The van der Waals surface area contributed by atoms with Gasteiger partial charge in [-0.15, -0.1) is 0 Å². The molecule has 12 heavy (non-hydrogen) atoms. The van der Waals surface area contributed by atoms with Gasteiger partial charge in [-0.3, -0.25) is 0 Å². The van der Waals surface area contributed by atoms with Crippen molar-refractivity contribution in [2.75, 3.05) is 5.73 Å². The van der Waals surface area contributed by atoms with Crippen LogP contribution in [0.25, 0.3) is 0 Å². The average Bonchev–Trinajstić information content (AvgIpc) is 2.32. The fraction of sp³-hybridized carbons (Fsp3) is 0.625. The third-order valence-corrected chi connectivity index (χ3v) is 2.22. The van der Waals surface area contributed by atoms with E-state index in [1.807, 2.05) is 0 Å². The second-order valence-electron chi connectivity index (χ2n) is 3.17. The summed E-state index contributed by atoms with van der Waals surface area (Å²) in [6, 6.07) is 0.665. The van der Waals surface area contributed by atoms with E-state index >= 15 is 0 Å². The molecule has 0 spiro atoms. The number of nitrogens with zero attached hydrogens (tertiary/aromatic N) is 1. The fourth-order valence-corrected chi connectivity index (χ4v) is 1.25. The van der Waals surface area contributed by atoms with Crippen LogP contribution >= 0.6 is 0 Å². The van der Waals surface area contributed by atoms with Crippen LogP contribution in [0.3, 0.4) is 0 Å². The Balaban J connectivity index is 1.79. The summed E-state index contributed by atoms with van der Waals surface area (Å²) in [6.45, 7) is 0.696. The monoisotopic (exact) mass is 167 g/mol. The Morgan fingerprint density at radius 1 is 1.67 bits per heavy atom. The number of nitrogens with two attached hydrogens (primary N) is 1. The average molecular weight is 167 g/mol. The highest BCUT2D eigenvalue weighted by atomic mass is 16.4. The molecule has 0 atom stereocenters. The highest BCUT2D eigenvalue weighted by Gasteiger charge is 2.16. The first-order chi connectivity index (χ1) is 5.84. The molecule has 0 unspecified atom stereocenters. The van der Waals surface area contributed by atoms with Gasteiger partial charge in [0.25, 0.3) is 0 Å². The molecule has 0 radical (unpaired) electrons. The molecule has 0 aromatic carbocycles. The minimum atomic E-state index is 0.389. The van der Waals surface area contributed by atoms with Gasteiger partial charge < -0.3 is 15.5 Å². The number of hydrogen-bond acceptors (Lipinski definition) is 4. The Morgan fingerprint density at radius 3 is 3.00 bits per heavy atom. The lowest BCUT2D eigenvalue weighted by Crippen LogP contribution is -2.34. The highest BCUT2D eigenvalue weighted by Crippen LogP contribution is 2.18. The maximum Gasteiger partial charge on any atom is 0.211 e. The molecule has 2 rings (SSSR count). The summed E-state index contributed by atoms with van der Waals surface area (Å²) in [4.78, 5) is 3.99. The third kappa shape index (κ3) is 1.58. The molecule has 3 N–H and O–H groups in total. The lowest BCUT2D eigenvalue weighted by molar-refractivity contribution is 0.323. The molecular formula is C8H13N3O. The van der Waals surface area contributed by atoms with Crippen LogP contribution in [0.5, 0.6) is 0 Å². The van der Waals surface area contributed by atoms with E-state index in [4.69, 9.17) is 10.2 Å². The van der Waals surface area contributed by atoms with E-state index < -0.39 is 0 Å². The Bertz CT molecular complexity index is 255. The number of hydrogen-bond donors (Lipinski definition) is 2.